The van der Waals surface area contributed by atoms with Gasteiger partial charge < -0.3 is 10.2 Å². The lowest BCUT2D eigenvalue weighted by Gasteiger charge is -2.32. The number of benzene rings is 1. The van der Waals surface area contributed by atoms with Crippen molar-refractivity contribution < 1.29 is 4.79 Å². The lowest BCUT2D eigenvalue weighted by molar-refractivity contribution is 0.0702. The van der Waals surface area contributed by atoms with Crippen molar-refractivity contribution in [3.63, 3.8) is 0 Å². The number of amides is 1. The summed E-state index contributed by atoms with van der Waals surface area (Å²) in [6.45, 7) is 3.87. The first kappa shape index (κ1) is 21.4. The molecule has 1 saturated heterocycles. The molecule has 136 valence electrons. The van der Waals surface area contributed by atoms with Gasteiger partial charge in [0, 0.05) is 18.7 Å². The predicted molar refractivity (Wildman–Crippen MR) is 107 cm³/mol. The van der Waals surface area contributed by atoms with E-state index in [9.17, 15) is 4.79 Å². The van der Waals surface area contributed by atoms with Gasteiger partial charge in [0.15, 0.2) is 0 Å². The molecule has 1 aliphatic rings. The minimum Gasteiger partial charge on any atom is -0.339 e. The molecule has 25 heavy (non-hydrogen) atoms. The van der Waals surface area contributed by atoms with E-state index in [0.29, 0.717) is 11.6 Å². The summed E-state index contributed by atoms with van der Waals surface area (Å²) < 4.78 is 0. The lowest BCUT2D eigenvalue weighted by atomic mass is 10.0. The summed E-state index contributed by atoms with van der Waals surface area (Å²) in [4.78, 5) is 19.3. The molecular formula is C19H25Cl2N3O. The van der Waals surface area contributed by atoms with Crippen LogP contribution in [0.5, 0.6) is 0 Å². The second kappa shape index (κ2) is 9.76. The molecule has 2 heterocycles. The van der Waals surface area contributed by atoms with Crippen LogP contribution in [0.4, 0.5) is 0 Å². The van der Waals surface area contributed by atoms with Gasteiger partial charge in [0.1, 0.15) is 0 Å². The van der Waals surface area contributed by atoms with E-state index in [-0.39, 0.29) is 30.7 Å². The number of carbonyl (C=O) groups is 1. The first-order valence-electron chi connectivity index (χ1n) is 8.18. The molecule has 0 spiro atoms. The van der Waals surface area contributed by atoms with Crippen molar-refractivity contribution in [1.82, 2.24) is 15.2 Å². The highest BCUT2D eigenvalue weighted by Gasteiger charge is 2.24. The van der Waals surface area contributed by atoms with Crippen LogP contribution in [0.2, 0.25) is 0 Å². The summed E-state index contributed by atoms with van der Waals surface area (Å²) in [5.74, 6) is 0.0708. The Kier molecular flexibility index (Phi) is 8.36. The SMILES string of the molecule is Cc1nc(-c2ccccc2)ccc1C(=O)N(C)C1CCNCC1.Cl.Cl. The maximum atomic E-state index is 12.8. The topological polar surface area (TPSA) is 45.2 Å². The van der Waals surface area contributed by atoms with Gasteiger partial charge >= 0.3 is 0 Å². The summed E-state index contributed by atoms with van der Waals surface area (Å²) in [6, 6.07) is 14.2. The zero-order chi connectivity index (χ0) is 16.2. The van der Waals surface area contributed by atoms with Gasteiger partial charge in [0.25, 0.3) is 5.91 Å². The van der Waals surface area contributed by atoms with Crippen LogP contribution in [0.1, 0.15) is 28.9 Å². The van der Waals surface area contributed by atoms with Gasteiger partial charge in [-0.3, -0.25) is 9.78 Å². The Bertz CT molecular complexity index is 688. The molecule has 0 aliphatic carbocycles. The average Bonchev–Trinajstić information content (AvgIpc) is 2.62. The van der Waals surface area contributed by atoms with Crippen molar-refractivity contribution in [2.24, 2.45) is 0 Å². The maximum Gasteiger partial charge on any atom is 0.255 e. The Balaban J connectivity index is 0.00000156. The molecular weight excluding hydrogens is 357 g/mol. The Morgan fingerprint density at radius 1 is 1.08 bits per heavy atom. The molecule has 2 aromatic rings. The number of nitrogens with zero attached hydrogens (tertiary/aromatic N) is 2. The minimum atomic E-state index is 0. The van der Waals surface area contributed by atoms with E-state index >= 15 is 0 Å². The number of carbonyl (C=O) groups excluding carboxylic acids is 1. The van der Waals surface area contributed by atoms with Gasteiger partial charge in [-0.25, -0.2) is 0 Å². The zero-order valence-corrected chi connectivity index (χ0v) is 16.2. The van der Waals surface area contributed by atoms with Crippen LogP contribution in [0.3, 0.4) is 0 Å². The second-order valence-electron chi connectivity index (χ2n) is 6.09. The third-order valence-corrected chi connectivity index (χ3v) is 4.56. The molecule has 0 bridgehead atoms. The third-order valence-electron chi connectivity index (χ3n) is 4.56. The Hall–Kier alpha value is -1.62. The van der Waals surface area contributed by atoms with E-state index in [1.165, 1.54) is 0 Å². The first-order chi connectivity index (χ1) is 11.2. The number of hydrogen-bond acceptors (Lipinski definition) is 3. The van der Waals surface area contributed by atoms with Gasteiger partial charge in [-0.1, -0.05) is 30.3 Å². The number of hydrogen-bond donors (Lipinski definition) is 1. The molecule has 0 unspecified atom stereocenters. The summed E-state index contributed by atoms with van der Waals surface area (Å²) in [7, 11) is 1.91. The highest BCUT2D eigenvalue weighted by atomic mass is 35.5. The van der Waals surface area contributed by atoms with Crippen molar-refractivity contribution in [2.45, 2.75) is 25.8 Å². The number of aryl methyl sites for hydroxylation is 1. The highest BCUT2D eigenvalue weighted by molar-refractivity contribution is 5.95. The smallest absolute Gasteiger partial charge is 0.255 e. The van der Waals surface area contributed by atoms with E-state index in [2.05, 4.69) is 10.3 Å². The van der Waals surface area contributed by atoms with Crippen LogP contribution in [0.25, 0.3) is 11.3 Å². The quantitative estimate of drug-likeness (QED) is 0.880. The molecule has 1 aromatic heterocycles. The lowest BCUT2D eigenvalue weighted by Crippen LogP contribution is -2.44. The fraction of sp³-hybridized carbons (Fsp3) is 0.368. The molecule has 0 radical (unpaired) electrons. The van der Waals surface area contributed by atoms with Crippen LogP contribution in [0, 0.1) is 6.92 Å². The van der Waals surface area contributed by atoms with E-state index < -0.39 is 0 Å². The van der Waals surface area contributed by atoms with E-state index in [1.807, 2.05) is 61.3 Å². The molecule has 1 fully saturated rings. The predicted octanol–water partition coefficient (Wildman–Crippen LogP) is 3.72. The van der Waals surface area contributed by atoms with Crippen molar-refractivity contribution in [3.05, 3.63) is 53.7 Å². The third kappa shape index (κ3) is 4.94. The van der Waals surface area contributed by atoms with Gasteiger partial charge in [0.05, 0.1) is 17.0 Å². The standard InChI is InChI=1S/C19H23N3O.2ClH/c1-14-17(19(23)22(2)16-10-12-20-13-11-16)8-9-18(21-14)15-6-4-3-5-7-15;;/h3-9,16,20H,10-13H2,1-2H3;2*1H. The van der Waals surface area contributed by atoms with Crippen LogP contribution in [-0.4, -0.2) is 42.0 Å². The van der Waals surface area contributed by atoms with E-state index in [1.54, 1.807) is 0 Å². The number of rotatable bonds is 3. The molecule has 1 aromatic carbocycles. The minimum absolute atomic E-state index is 0. The average molecular weight is 382 g/mol. The molecule has 0 saturated carbocycles. The van der Waals surface area contributed by atoms with Crippen molar-refractivity contribution in [3.8, 4) is 11.3 Å². The van der Waals surface area contributed by atoms with E-state index in [0.717, 1.165) is 42.9 Å². The summed E-state index contributed by atoms with van der Waals surface area (Å²) >= 11 is 0. The summed E-state index contributed by atoms with van der Waals surface area (Å²) in [5, 5.41) is 3.33. The van der Waals surface area contributed by atoms with Crippen molar-refractivity contribution in [1.29, 1.82) is 0 Å². The van der Waals surface area contributed by atoms with Crippen molar-refractivity contribution in [2.75, 3.05) is 20.1 Å². The molecule has 1 aliphatic heterocycles. The van der Waals surface area contributed by atoms with Crippen LogP contribution < -0.4 is 5.32 Å². The molecule has 1 amide bonds. The van der Waals surface area contributed by atoms with Crippen LogP contribution in [-0.2, 0) is 0 Å². The first-order valence-corrected chi connectivity index (χ1v) is 8.18. The monoisotopic (exact) mass is 381 g/mol. The molecule has 1 N–H and O–H groups in total. The van der Waals surface area contributed by atoms with Gasteiger partial charge in [-0.05, 0) is 45.0 Å². The number of halogens is 2. The Morgan fingerprint density at radius 3 is 2.32 bits per heavy atom. The fourth-order valence-corrected chi connectivity index (χ4v) is 3.11. The van der Waals surface area contributed by atoms with Crippen LogP contribution >= 0.6 is 24.8 Å². The molecule has 0 atom stereocenters. The van der Waals surface area contributed by atoms with Gasteiger partial charge in [-0.15, -0.1) is 24.8 Å². The normalized spacial score (nSPS) is 14.2. The number of pyridine rings is 1. The molecule has 6 heteroatoms. The van der Waals surface area contributed by atoms with E-state index in [4.69, 9.17) is 0 Å². The van der Waals surface area contributed by atoms with Gasteiger partial charge in [0.2, 0.25) is 0 Å². The second-order valence-corrected chi connectivity index (χ2v) is 6.09. The Morgan fingerprint density at radius 2 is 1.72 bits per heavy atom. The summed E-state index contributed by atoms with van der Waals surface area (Å²) in [5.41, 5.74) is 3.47. The molecule has 4 nitrogen and oxygen atoms in total. The van der Waals surface area contributed by atoms with Crippen molar-refractivity contribution >= 4 is 30.7 Å². The largest absolute Gasteiger partial charge is 0.339 e. The highest BCUT2D eigenvalue weighted by Crippen LogP contribution is 2.20. The number of nitrogens with one attached hydrogen (secondary N) is 1. The zero-order valence-electron chi connectivity index (χ0n) is 14.6. The maximum absolute atomic E-state index is 12.8. The molecule has 3 rings (SSSR count). The number of piperidine rings is 1. The fourth-order valence-electron chi connectivity index (χ4n) is 3.11. The number of aromatic nitrogens is 1. The van der Waals surface area contributed by atoms with Crippen LogP contribution in [0.15, 0.2) is 42.5 Å². The Labute approximate surface area is 161 Å². The van der Waals surface area contributed by atoms with Gasteiger partial charge in [-0.2, -0.15) is 0 Å². The summed E-state index contributed by atoms with van der Waals surface area (Å²) in [6.07, 6.45) is 2.02.